The molecular formula is C13H15NO2S. The number of hydrogen-bond donors (Lipinski definition) is 1. The third kappa shape index (κ3) is 3.33. The average molecular weight is 249 g/mol. The molecule has 17 heavy (non-hydrogen) atoms. The van der Waals surface area contributed by atoms with E-state index < -0.39 is 0 Å². The molecule has 4 heteroatoms. The lowest BCUT2D eigenvalue weighted by atomic mass is 10.1. The summed E-state index contributed by atoms with van der Waals surface area (Å²) in [5.74, 6) is 1.00. The van der Waals surface area contributed by atoms with Gasteiger partial charge in [-0.1, -0.05) is 30.3 Å². The van der Waals surface area contributed by atoms with Crippen molar-refractivity contribution in [2.45, 2.75) is 18.1 Å². The number of rotatable bonds is 4. The minimum absolute atomic E-state index is 0.00298. The maximum Gasteiger partial charge on any atom is 0.233 e. The summed E-state index contributed by atoms with van der Waals surface area (Å²) in [6.07, 6.45) is 2.02. The molecule has 2 rings (SSSR count). The second-order valence-electron chi connectivity index (χ2n) is 4.01. The molecule has 1 fully saturated rings. The Bertz CT molecular complexity index is 399. The normalized spacial score (nSPS) is 18.9. The van der Waals surface area contributed by atoms with Crippen LogP contribution in [0.15, 0.2) is 30.3 Å². The summed E-state index contributed by atoms with van der Waals surface area (Å²) >= 11 is 1.67. The number of benzene rings is 1. The number of Topliss-reactive ketones (excluding diaryl/α,β-unsaturated/α-hetero) is 1. The van der Waals surface area contributed by atoms with Crippen LogP contribution in [0.4, 0.5) is 0 Å². The van der Waals surface area contributed by atoms with E-state index in [0.29, 0.717) is 5.56 Å². The van der Waals surface area contributed by atoms with Crippen molar-refractivity contribution in [2.24, 2.45) is 0 Å². The highest BCUT2D eigenvalue weighted by Crippen LogP contribution is 2.25. The molecule has 0 radical (unpaired) electrons. The smallest absolute Gasteiger partial charge is 0.233 e. The van der Waals surface area contributed by atoms with Gasteiger partial charge < -0.3 is 5.32 Å². The van der Waals surface area contributed by atoms with Gasteiger partial charge in [0, 0.05) is 5.56 Å². The van der Waals surface area contributed by atoms with Gasteiger partial charge >= 0.3 is 0 Å². The van der Waals surface area contributed by atoms with Crippen molar-refractivity contribution in [2.75, 3.05) is 12.3 Å². The van der Waals surface area contributed by atoms with Gasteiger partial charge in [0.2, 0.25) is 5.91 Å². The molecule has 1 saturated heterocycles. The van der Waals surface area contributed by atoms with E-state index in [4.69, 9.17) is 0 Å². The SMILES string of the molecule is O=C(CNC(=O)C1CCCS1)c1ccccc1. The van der Waals surface area contributed by atoms with E-state index in [2.05, 4.69) is 5.32 Å². The van der Waals surface area contributed by atoms with E-state index in [-0.39, 0.29) is 23.5 Å². The summed E-state index contributed by atoms with van der Waals surface area (Å²) in [5.41, 5.74) is 0.645. The second kappa shape index (κ2) is 5.87. The molecule has 1 aliphatic heterocycles. The Morgan fingerprint density at radius 3 is 2.71 bits per heavy atom. The summed E-state index contributed by atoms with van der Waals surface area (Å²) in [7, 11) is 0. The summed E-state index contributed by atoms with van der Waals surface area (Å²) in [6, 6.07) is 9.03. The predicted molar refractivity (Wildman–Crippen MR) is 69.3 cm³/mol. The molecule has 0 saturated carbocycles. The van der Waals surface area contributed by atoms with E-state index in [1.54, 1.807) is 23.9 Å². The van der Waals surface area contributed by atoms with Crippen LogP contribution in [0.25, 0.3) is 0 Å². The van der Waals surface area contributed by atoms with Crippen LogP contribution in [0.2, 0.25) is 0 Å². The van der Waals surface area contributed by atoms with E-state index >= 15 is 0 Å². The minimum Gasteiger partial charge on any atom is -0.348 e. The first kappa shape index (κ1) is 12.2. The Morgan fingerprint density at radius 2 is 2.06 bits per heavy atom. The van der Waals surface area contributed by atoms with Crippen LogP contribution in [0.5, 0.6) is 0 Å². The van der Waals surface area contributed by atoms with Crippen molar-refractivity contribution in [1.29, 1.82) is 0 Å². The molecule has 1 heterocycles. The van der Waals surface area contributed by atoms with Crippen LogP contribution in [0.3, 0.4) is 0 Å². The third-order valence-corrected chi connectivity index (χ3v) is 4.12. The summed E-state index contributed by atoms with van der Waals surface area (Å²) in [4.78, 5) is 23.4. The Morgan fingerprint density at radius 1 is 1.29 bits per heavy atom. The van der Waals surface area contributed by atoms with Crippen molar-refractivity contribution in [3.63, 3.8) is 0 Å². The fourth-order valence-electron chi connectivity index (χ4n) is 1.79. The van der Waals surface area contributed by atoms with Gasteiger partial charge in [-0.15, -0.1) is 11.8 Å². The van der Waals surface area contributed by atoms with E-state index in [0.717, 1.165) is 18.6 Å². The maximum atomic E-state index is 11.7. The highest BCUT2D eigenvalue weighted by Gasteiger charge is 2.23. The van der Waals surface area contributed by atoms with E-state index in [9.17, 15) is 9.59 Å². The number of ketones is 1. The highest BCUT2D eigenvalue weighted by molar-refractivity contribution is 8.00. The van der Waals surface area contributed by atoms with Crippen molar-refractivity contribution < 1.29 is 9.59 Å². The molecule has 1 aliphatic rings. The lowest BCUT2D eigenvalue weighted by molar-refractivity contribution is -0.120. The van der Waals surface area contributed by atoms with E-state index in [1.165, 1.54) is 0 Å². The Hall–Kier alpha value is -1.29. The molecule has 1 amide bonds. The fourth-order valence-corrected chi connectivity index (χ4v) is 2.98. The molecule has 0 aromatic heterocycles. The molecule has 1 N–H and O–H groups in total. The first-order valence-electron chi connectivity index (χ1n) is 5.75. The Labute approximate surface area is 105 Å². The third-order valence-electron chi connectivity index (χ3n) is 2.74. The van der Waals surface area contributed by atoms with Crippen molar-refractivity contribution in [3.05, 3.63) is 35.9 Å². The van der Waals surface area contributed by atoms with Crippen molar-refractivity contribution >= 4 is 23.5 Å². The number of hydrogen-bond acceptors (Lipinski definition) is 3. The van der Waals surface area contributed by atoms with Crippen LogP contribution in [-0.4, -0.2) is 29.2 Å². The molecule has 0 bridgehead atoms. The number of thioether (sulfide) groups is 1. The molecule has 0 spiro atoms. The second-order valence-corrected chi connectivity index (χ2v) is 5.32. The maximum absolute atomic E-state index is 11.7. The topological polar surface area (TPSA) is 46.2 Å². The highest BCUT2D eigenvalue weighted by atomic mass is 32.2. The van der Waals surface area contributed by atoms with Gasteiger partial charge in [-0.05, 0) is 18.6 Å². The molecule has 0 aliphatic carbocycles. The number of nitrogens with one attached hydrogen (secondary N) is 1. The first-order valence-corrected chi connectivity index (χ1v) is 6.80. The zero-order chi connectivity index (χ0) is 12.1. The average Bonchev–Trinajstić information content (AvgIpc) is 2.90. The van der Waals surface area contributed by atoms with Crippen molar-refractivity contribution in [1.82, 2.24) is 5.32 Å². The quantitative estimate of drug-likeness (QED) is 0.829. The van der Waals surface area contributed by atoms with Gasteiger partial charge in [0.25, 0.3) is 0 Å². The van der Waals surface area contributed by atoms with Gasteiger partial charge in [0.05, 0.1) is 11.8 Å². The van der Waals surface area contributed by atoms with Crippen LogP contribution in [0.1, 0.15) is 23.2 Å². The number of amides is 1. The van der Waals surface area contributed by atoms with Gasteiger partial charge in [0.1, 0.15) is 0 Å². The predicted octanol–water partition coefficient (Wildman–Crippen LogP) is 1.88. The van der Waals surface area contributed by atoms with Crippen LogP contribution < -0.4 is 5.32 Å². The number of carbonyl (C=O) groups is 2. The Kier molecular flexibility index (Phi) is 4.20. The van der Waals surface area contributed by atoms with Crippen molar-refractivity contribution in [3.8, 4) is 0 Å². The zero-order valence-electron chi connectivity index (χ0n) is 9.52. The lowest BCUT2D eigenvalue weighted by Crippen LogP contribution is -2.35. The van der Waals surface area contributed by atoms with Crippen LogP contribution in [0, 0.1) is 0 Å². The zero-order valence-corrected chi connectivity index (χ0v) is 10.3. The largest absolute Gasteiger partial charge is 0.348 e. The van der Waals surface area contributed by atoms with E-state index in [1.807, 2.05) is 18.2 Å². The van der Waals surface area contributed by atoms with Gasteiger partial charge in [-0.3, -0.25) is 9.59 Å². The summed E-state index contributed by atoms with van der Waals surface area (Å²) in [6.45, 7) is 0.0971. The van der Waals surface area contributed by atoms with Gasteiger partial charge in [-0.2, -0.15) is 0 Å². The molecule has 1 aromatic rings. The molecule has 1 atom stereocenters. The standard InChI is InChI=1S/C13H15NO2S/c15-11(10-5-2-1-3-6-10)9-14-13(16)12-7-4-8-17-12/h1-3,5-6,12H,4,7-9H2,(H,14,16). The molecule has 90 valence electrons. The van der Waals surface area contributed by atoms with Crippen LogP contribution >= 0.6 is 11.8 Å². The van der Waals surface area contributed by atoms with Gasteiger partial charge in [-0.25, -0.2) is 0 Å². The molecular weight excluding hydrogens is 234 g/mol. The molecule has 1 aromatic carbocycles. The monoisotopic (exact) mass is 249 g/mol. The molecule has 1 unspecified atom stereocenters. The fraction of sp³-hybridized carbons (Fsp3) is 0.385. The van der Waals surface area contributed by atoms with Gasteiger partial charge in [0.15, 0.2) is 5.78 Å². The lowest BCUT2D eigenvalue weighted by Gasteiger charge is -2.09. The number of carbonyl (C=O) groups excluding carboxylic acids is 2. The first-order chi connectivity index (χ1) is 8.27. The minimum atomic E-state index is -0.0399. The summed E-state index contributed by atoms with van der Waals surface area (Å²) in [5, 5.41) is 2.75. The molecule has 3 nitrogen and oxygen atoms in total. The van der Waals surface area contributed by atoms with Crippen LogP contribution in [-0.2, 0) is 4.79 Å². The Balaban J connectivity index is 1.82. The summed E-state index contributed by atoms with van der Waals surface area (Å²) < 4.78 is 0.